The van der Waals surface area contributed by atoms with Gasteiger partial charge < -0.3 is 10.6 Å². The van der Waals surface area contributed by atoms with E-state index in [0.29, 0.717) is 24.5 Å². The molecular formula is C22H29N3O5S2. The van der Waals surface area contributed by atoms with Crippen LogP contribution in [-0.4, -0.2) is 52.9 Å². The van der Waals surface area contributed by atoms with Crippen LogP contribution in [0.2, 0.25) is 0 Å². The molecule has 0 radical (unpaired) electrons. The summed E-state index contributed by atoms with van der Waals surface area (Å²) < 4.78 is 51.0. The van der Waals surface area contributed by atoms with Gasteiger partial charge in [0.25, 0.3) is 0 Å². The van der Waals surface area contributed by atoms with Gasteiger partial charge in [-0.15, -0.1) is 0 Å². The standard InChI is InChI=1S/C22H29N3O5S2/c1-16(2)17-6-11-20(21(14-17)31(3,27)28)23-15-22(26)24-18-7-9-19(10-8-18)32(29,30)25-12-4-5-13-25/h6-11,14,16,23H,4-5,12-13,15H2,1-3H3,(H,24,26). The average Bonchev–Trinajstić information content (AvgIpc) is 3.27. The molecular weight excluding hydrogens is 450 g/mol. The van der Waals surface area contributed by atoms with Gasteiger partial charge in [0, 0.05) is 25.0 Å². The molecule has 1 aliphatic rings. The number of carbonyl (C=O) groups is 1. The van der Waals surface area contributed by atoms with E-state index in [1.807, 2.05) is 19.9 Å². The van der Waals surface area contributed by atoms with Crippen molar-refractivity contribution in [2.45, 2.75) is 42.4 Å². The van der Waals surface area contributed by atoms with Crippen LogP contribution >= 0.6 is 0 Å². The second-order valence-electron chi connectivity index (χ2n) is 8.22. The van der Waals surface area contributed by atoms with E-state index in [-0.39, 0.29) is 28.2 Å². The zero-order valence-electron chi connectivity index (χ0n) is 18.5. The van der Waals surface area contributed by atoms with Crippen molar-refractivity contribution < 1.29 is 21.6 Å². The maximum atomic E-state index is 12.6. The first-order valence-corrected chi connectivity index (χ1v) is 13.8. The van der Waals surface area contributed by atoms with Crippen molar-refractivity contribution in [2.75, 3.05) is 36.5 Å². The van der Waals surface area contributed by atoms with E-state index in [1.54, 1.807) is 24.3 Å². The van der Waals surface area contributed by atoms with Gasteiger partial charge in [0.15, 0.2) is 9.84 Å². The topological polar surface area (TPSA) is 113 Å². The molecule has 1 fully saturated rings. The van der Waals surface area contributed by atoms with Gasteiger partial charge in [-0.2, -0.15) is 4.31 Å². The first-order chi connectivity index (χ1) is 15.0. The molecule has 0 aromatic heterocycles. The van der Waals surface area contributed by atoms with E-state index in [0.717, 1.165) is 24.7 Å². The first-order valence-electron chi connectivity index (χ1n) is 10.5. The molecule has 0 aliphatic carbocycles. The number of rotatable bonds is 8. The predicted octanol–water partition coefficient (Wildman–Crippen LogP) is 3.05. The number of sulfone groups is 1. The van der Waals surface area contributed by atoms with Crippen LogP contribution in [0.3, 0.4) is 0 Å². The Balaban J connectivity index is 1.65. The summed E-state index contributed by atoms with van der Waals surface area (Å²) in [5.74, 6) is -0.211. The quantitative estimate of drug-likeness (QED) is 0.602. The fourth-order valence-electron chi connectivity index (χ4n) is 3.52. The smallest absolute Gasteiger partial charge is 0.243 e. The van der Waals surface area contributed by atoms with Crippen molar-refractivity contribution in [1.29, 1.82) is 0 Å². The summed E-state index contributed by atoms with van der Waals surface area (Å²) in [4.78, 5) is 12.7. The summed E-state index contributed by atoms with van der Waals surface area (Å²) in [6.45, 7) is 4.87. The molecule has 0 saturated carbocycles. The van der Waals surface area contributed by atoms with Crippen LogP contribution in [0.5, 0.6) is 0 Å². The Bertz CT molecular complexity index is 1180. The number of amides is 1. The van der Waals surface area contributed by atoms with E-state index in [4.69, 9.17) is 0 Å². The lowest BCUT2D eigenvalue weighted by Crippen LogP contribution is -2.27. The van der Waals surface area contributed by atoms with E-state index >= 15 is 0 Å². The number of anilines is 2. The second-order valence-corrected chi connectivity index (χ2v) is 12.1. The first kappa shape index (κ1) is 24.2. The molecule has 174 valence electrons. The highest BCUT2D eigenvalue weighted by Gasteiger charge is 2.27. The lowest BCUT2D eigenvalue weighted by molar-refractivity contribution is -0.114. The molecule has 0 bridgehead atoms. The Morgan fingerprint density at radius 2 is 1.62 bits per heavy atom. The minimum atomic E-state index is -3.51. The van der Waals surface area contributed by atoms with Gasteiger partial charge in [-0.3, -0.25) is 4.79 Å². The van der Waals surface area contributed by atoms with E-state index in [9.17, 15) is 21.6 Å². The number of sulfonamides is 1. The molecule has 1 amide bonds. The number of benzene rings is 2. The van der Waals surface area contributed by atoms with Crippen molar-refractivity contribution in [3.8, 4) is 0 Å². The third-order valence-corrected chi connectivity index (χ3v) is 8.40. The molecule has 3 rings (SSSR count). The van der Waals surface area contributed by atoms with Gasteiger partial charge >= 0.3 is 0 Å². The van der Waals surface area contributed by atoms with Crippen LogP contribution in [0, 0.1) is 0 Å². The third-order valence-electron chi connectivity index (χ3n) is 5.35. The van der Waals surface area contributed by atoms with Crippen molar-refractivity contribution in [3.63, 3.8) is 0 Å². The molecule has 8 nitrogen and oxygen atoms in total. The monoisotopic (exact) mass is 479 g/mol. The number of hydrogen-bond donors (Lipinski definition) is 2. The van der Waals surface area contributed by atoms with Crippen LogP contribution in [0.15, 0.2) is 52.3 Å². The molecule has 10 heteroatoms. The maximum Gasteiger partial charge on any atom is 0.243 e. The van der Waals surface area contributed by atoms with Gasteiger partial charge in [0.1, 0.15) is 0 Å². The lowest BCUT2D eigenvalue weighted by Gasteiger charge is -2.16. The summed E-state index contributed by atoms with van der Waals surface area (Å²) in [5.41, 5.74) is 1.71. The number of nitrogens with zero attached hydrogens (tertiary/aromatic N) is 1. The molecule has 1 aliphatic heterocycles. The summed E-state index contributed by atoms with van der Waals surface area (Å²) >= 11 is 0. The van der Waals surface area contributed by atoms with Gasteiger partial charge in [-0.25, -0.2) is 16.8 Å². The van der Waals surface area contributed by atoms with E-state index in [2.05, 4.69) is 10.6 Å². The second kappa shape index (κ2) is 9.60. The lowest BCUT2D eigenvalue weighted by atomic mass is 10.0. The van der Waals surface area contributed by atoms with Gasteiger partial charge in [0.05, 0.1) is 22.0 Å². The highest BCUT2D eigenvalue weighted by atomic mass is 32.2. The Morgan fingerprint density at radius 3 is 2.19 bits per heavy atom. The number of carbonyl (C=O) groups excluding carboxylic acids is 1. The summed E-state index contributed by atoms with van der Waals surface area (Å²) in [6.07, 6.45) is 2.86. The largest absolute Gasteiger partial charge is 0.375 e. The molecule has 0 atom stereocenters. The average molecular weight is 480 g/mol. The number of nitrogens with one attached hydrogen (secondary N) is 2. The molecule has 0 unspecified atom stereocenters. The van der Waals surface area contributed by atoms with Crippen molar-refractivity contribution in [2.24, 2.45) is 0 Å². The van der Waals surface area contributed by atoms with Gasteiger partial charge in [-0.05, 0) is 60.7 Å². The van der Waals surface area contributed by atoms with Crippen molar-refractivity contribution in [1.82, 2.24) is 4.31 Å². The molecule has 2 aromatic rings. The fourth-order valence-corrected chi connectivity index (χ4v) is 5.93. The normalized spacial score (nSPS) is 15.1. The van der Waals surface area contributed by atoms with Crippen LogP contribution in [0.1, 0.15) is 38.2 Å². The van der Waals surface area contributed by atoms with Gasteiger partial charge in [-0.1, -0.05) is 19.9 Å². The SMILES string of the molecule is CC(C)c1ccc(NCC(=O)Nc2ccc(S(=O)(=O)N3CCCC3)cc2)c(S(C)(=O)=O)c1. The Morgan fingerprint density at radius 1 is 1.00 bits per heavy atom. The van der Waals surface area contributed by atoms with Crippen LogP contribution in [0.25, 0.3) is 0 Å². The predicted molar refractivity (Wildman–Crippen MR) is 125 cm³/mol. The molecule has 1 heterocycles. The molecule has 2 aromatic carbocycles. The van der Waals surface area contributed by atoms with Crippen molar-refractivity contribution in [3.05, 3.63) is 48.0 Å². The fraction of sp³-hybridized carbons (Fsp3) is 0.409. The van der Waals surface area contributed by atoms with Crippen LogP contribution in [0.4, 0.5) is 11.4 Å². The highest BCUT2D eigenvalue weighted by Crippen LogP contribution is 2.26. The van der Waals surface area contributed by atoms with E-state index < -0.39 is 19.9 Å². The molecule has 1 saturated heterocycles. The maximum absolute atomic E-state index is 12.6. The Labute approximate surface area is 190 Å². The van der Waals surface area contributed by atoms with Gasteiger partial charge in [0.2, 0.25) is 15.9 Å². The third kappa shape index (κ3) is 5.67. The highest BCUT2D eigenvalue weighted by molar-refractivity contribution is 7.91. The number of hydrogen-bond acceptors (Lipinski definition) is 6. The van der Waals surface area contributed by atoms with Crippen molar-refractivity contribution >= 4 is 37.1 Å². The van der Waals surface area contributed by atoms with Crippen LogP contribution < -0.4 is 10.6 Å². The molecule has 32 heavy (non-hydrogen) atoms. The minimum absolute atomic E-state index is 0.141. The Kier molecular flexibility index (Phi) is 7.26. The van der Waals surface area contributed by atoms with E-state index in [1.165, 1.54) is 16.4 Å². The molecule has 2 N–H and O–H groups in total. The summed E-state index contributed by atoms with van der Waals surface area (Å²) in [7, 11) is -6.98. The summed E-state index contributed by atoms with van der Waals surface area (Å²) in [6, 6.07) is 11.2. The molecule has 0 spiro atoms. The minimum Gasteiger partial charge on any atom is -0.375 e. The summed E-state index contributed by atoms with van der Waals surface area (Å²) in [5, 5.41) is 5.57. The zero-order valence-corrected chi connectivity index (χ0v) is 20.1. The zero-order chi connectivity index (χ0) is 23.5. The van der Waals surface area contributed by atoms with Crippen LogP contribution in [-0.2, 0) is 24.7 Å². The Hall–Kier alpha value is -2.43.